The predicted molar refractivity (Wildman–Crippen MR) is 32.6 cm³/mol. The maximum absolute atomic E-state index is 10.1. The van der Waals surface area contributed by atoms with E-state index in [1.54, 1.807) is 0 Å². The van der Waals surface area contributed by atoms with Gasteiger partial charge < -0.3 is 4.85 Å². The zero-order chi connectivity index (χ0) is 7.33. The lowest BCUT2D eigenvalue weighted by Gasteiger charge is -1.92. The minimum Gasteiger partial charge on any atom is -0.315 e. The summed E-state index contributed by atoms with van der Waals surface area (Å²) in [4.78, 5) is 2.91. The molecule has 0 aliphatic rings. The summed E-state index contributed by atoms with van der Waals surface area (Å²) in [6.45, 7) is 6.47. The number of rotatable bonds is 3. The lowest BCUT2D eigenvalue weighted by molar-refractivity contribution is 0.585. The Hall–Kier alpha value is -0.640. The van der Waals surface area contributed by atoms with E-state index in [-0.39, 0.29) is 13.1 Å². The second-order valence-corrected chi connectivity index (χ2v) is 2.70. The van der Waals surface area contributed by atoms with Crippen LogP contribution < -0.4 is 9.86 Å². The first-order valence-corrected chi connectivity index (χ1v) is 3.71. The summed E-state index contributed by atoms with van der Waals surface area (Å²) >= 11 is 0. The van der Waals surface area contributed by atoms with E-state index in [9.17, 15) is 8.42 Å². The molecule has 9 heavy (non-hydrogen) atoms. The van der Waals surface area contributed by atoms with Gasteiger partial charge in [0.2, 0.25) is 6.54 Å². The average molecular weight is 149 g/mol. The van der Waals surface area contributed by atoms with Gasteiger partial charge in [0, 0.05) is 0 Å². The first kappa shape index (κ1) is 8.36. The van der Waals surface area contributed by atoms with Gasteiger partial charge in [-0.3, -0.25) is 0 Å². The van der Waals surface area contributed by atoms with Gasteiger partial charge in [-0.05, 0) is 0 Å². The van der Waals surface area contributed by atoms with Crippen molar-refractivity contribution in [3.63, 3.8) is 0 Å². The lowest BCUT2D eigenvalue weighted by atomic mass is 10.7. The molecule has 0 spiro atoms. The van der Waals surface area contributed by atoms with Crippen LogP contribution in [-0.4, -0.2) is 21.5 Å². The Morgan fingerprint density at radius 3 is 2.56 bits per heavy atom. The van der Waals surface area contributed by atoms with Crippen molar-refractivity contribution in [1.29, 1.82) is 0 Å². The molecule has 0 radical (unpaired) electrons. The summed E-state index contributed by atoms with van der Waals surface area (Å²) in [5.41, 5.74) is 0. The minimum absolute atomic E-state index is 0.0856. The highest BCUT2D eigenvalue weighted by Gasteiger charge is 1.98. The zero-order valence-electron chi connectivity index (χ0n) is 4.66. The van der Waals surface area contributed by atoms with Crippen molar-refractivity contribution in [3.8, 4) is 0 Å². The number of hydrogen-bond donors (Lipinski definition) is 2. The van der Waals surface area contributed by atoms with Crippen LogP contribution in [-0.2, 0) is 10.2 Å². The van der Waals surface area contributed by atoms with Crippen LogP contribution in [0.15, 0.2) is 0 Å². The standard InChI is InChI=1S/C3H7N3O2S/c1-5-2-3-6-9(4,7)8/h6H,2-3H2,(H2,4,7,8). The SMILES string of the molecule is [C-]#[N+]CCNS(N)(=O)=O. The summed E-state index contributed by atoms with van der Waals surface area (Å²) in [5, 5.41) is 4.53. The number of nitrogens with one attached hydrogen (secondary N) is 1. The molecule has 0 rings (SSSR count). The molecule has 0 heterocycles. The van der Waals surface area contributed by atoms with Crippen molar-refractivity contribution in [1.82, 2.24) is 4.72 Å². The van der Waals surface area contributed by atoms with Crippen molar-refractivity contribution in [2.45, 2.75) is 0 Å². The highest BCUT2D eigenvalue weighted by atomic mass is 32.2. The normalized spacial score (nSPS) is 10.7. The quantitative estimate of drug-likeness (QED) is 0.386. The molecule has 6 heteroatoms. The molecule has 3 N–H and O–H groups in total. The molecule has 5 nitrogen and oxygen atoms in total. The molecule has 0 saturated heterocycles. The summed E-state index contributed by atoms with van der Waals surface area (Å²) in [5.74, 6) is 0. The van der Waals surface area contributed by atoms with Gasteiger partial charge in [-0.15, -0.1) is 0 Å². The van der Waals surface area contributed by atoms with Crippen LogP contribution in [0.4, 0.5) is 0 Å². The zero-order valence-corrected chi connectivity index (χ0v) is 5.48. The second kappa shape index (κ2) is 3.40. The van der Waals surface area contributed by atoms with Crippen LogP contribution in [0.1, 0.15) is 0 Å². The fraction of sp³-hybridized carbons (Fsp3) is 0.667. The maximum atomic E-state index is 10.1. The van der Waals surface area contributed by atoms with Gasteiger partial charge >= 0.3 is 0 Å². The first-order valence-electron chi connectivity index (χ1n) is 2.17. The molecule has 0 saturated carbocycles. The van der Waals surface area contributed by atoms with Crippen LogP contribution in [0, 0.1) is 6.57 Å². The Labute approximate surface area is 53.9 Å². The lowest BCUT2D eigenvalue weighted by Crippen LogP contribution is -2.32. The van der Waals surface area contributed by atoms with Crippen LogP contribution in [0.5, 0.6) is 0 Å². The van der Waals surface area contributed by atoms with Crippen LogP contribution in [0.2, 0.25) is 0 Å². The molecule has 0 unspecified atom stereocenters. The van der Waals surface area contributed by atoms with E-state index in [1.165, 1.54) is 0 Å². The van der Waals surface area contributed by atoms with Gasteiger partial charge in [0.15, 0.2) is 0 Å². The van der Waals surface area contributed by atoms with E-state index >= 15 is 0 Å². The number of nitrogens with zero attached hydrogens (tertiary/aromatic N) is 1. The highest BCUT2D eigenvalue weighted by molar-refractivity contribution is 7.87. The summed E-state index contributed by atoms with van der Waals surface area (Å²) in [6.07, 6.45) is 0. The summed E-state index contributed by atoms with van der Waals surface area (Å²) in [6, 6.07) is 0. The third-order valence-electron chi connectivity index (χ3n) is 0.527. The Morgan fingerprint density at radius 1 is 1.67 bits per heavy atom. The fourth-order valence-corrected chi connectivity index (χ4v) is 0.620. The molecular weight excluding hydrogens is 142 g/mol. The third kappa shape index (κ3) is 7.36. The van der Waals surface area contributed by atoms with Gasteiger partial charge in [0.25, 0.3) is 10.2 Å². The first-order chi connectivity index (χ1) is 4.06. The number of hydrogen-bond acceptors (Lipinski definition) is 2. The molecule has 0 aromatic rings. The molecule has 0 bridgehead atoms. The predicted octanol–water partition coefficient (Wildman–Crippen LogP) is -1.30. The minimum atomic E-state index is -3.59. The molecule has 0 amide bonds. The Bertz CT molecular complexity index is 202. The van der Waals surface area contributed by atoms with Crippen LogP contribution in [0.3, 0.4) is 0 Å². The topological polar surface area (TPSA) is 76.5 Å². The van der Waals surface area contributed by atoms with Crippen molar-refractivity contribution < 1.29 is 8.42 Å². The third-order valence-corrected chi connectivity index (χ3v) is 1.13. The van der Waals surface area contributed by atoms with E-state index < -0.39 is 10.2 Å². The molecule has 0 aromatic carbocycles. The summed E-state index contributed by atoms with van der Waals surface area (Å²) in [7, 11) is -3.59. The van der Waals surface area contributed by atoms with E-state index in [4.69, 9.17) is 6.57 Å². The Balaban J connectivity index is 3.44. The van der Waals surface area contributed by atoms with Gasteiger partial charge in [-0.2, -0.15) is 13.1 Å². The summed E-state index contributed by atoms with van der Waals surface area (Å²) < 4.78 is 22.1. The van der Waals surface area contributed by atoms with Crippen LogP contribution in [0.25, 0.3) is 4.85 Å². The fourth-order valence-electron chi connectivity index (χ4n) is 0.244. The van der Waals surface area contributed by atoms with Gasteiger partial charge in [0.05, 0.1) is 6.54 Å². The number of nitrogens with two attached hydrogens (primary N) is 1. The Morgan fingerprint density at radius 2 is 2.22 bits per heavy atom. The molecule has 0 aliphatic carbocycles. The van der Waals surface area contributed by atoms with Gasteiger partial charge in [-0.1, -0.05) is 0 Å². The van der Waals surface area contributed by atoms with Crippen molar-refractivity contribution in [3.05, 3.63) is 11.4 Å². The van der Waals surface area contributed by atoms with Crippen molar-refractivity contribution in [2.75, 3.05) is 13.1 Å². The molecule has 0 atom stereocenters. The monoisotopic (exact) mass is 149 g/mol. The average Bonchev–Trinajstić information content (AvgIpc) is 1.63. The van der Waals surface area contributed by atoms with E-state index in [0.29, 0.717) is 0 Å². The van der Waals surface area contributed by atoms with Crippen molar-refractivity contribution in [2.24, 2.45) is 5.14 Å². The van der Waals surface area contributed by atoms with Gasteiger partial charge in [0.1, 0.15) is 0 Å². The largest absolute Gasteiger partial charge is 0.315 e. The van der Waals surface area contributed by atoms with Crippen LogP contribution >= 0.6 is 0 Å². The van der Waals surface area contributed by atoms with E-state index in [2.05, 4.69) is 9.98 Å². The maximum Gasteiger partial charge on any atom is 0.274 e. The smallest absolute Gasteiger partial charge is 0.274 e. The molecule has 52 valence electrons. The van der Waals surface area contributed by atoms with Gasteiger partial charge in [-0.25, -0.2) is 11.7 Å². The molecule has 0 fully saturated rings. The second-order valence-electron chi connectivity index (χ2n) is 1.32. The molecular formula is C3H7N3O2S. The van der Waals surface area contributed by atoms with Crippen molar-refractivity contribution >= 4 is 10.2 Å². The Kier molecular flexibility index (Phi) is 3.16. The molecule has 0 aromatic heterocycles. The van der Waals surface area contributed by atoms with E-state index in [1.807, 2.05) is 4.72 Å². The highest BCUT2D eigenvalue weighted by Crippen LogP contribution is 1.67. The molecule has 0 aliphatic heterocycles. The van der Waals surface area contributed by atoms with E-state index in [0.717, 1.165) is 0 Å².